The van der Waals surface area contributed by atoms with E-state index in [9.17, 15) is 13.2 Å². The molecule has 0 aromatic carbocycles. The molecule has 3 rings (SSSR count). The Bertz CT molecular complexity index is 646. The highest BCUT2D eigenvalue weighted by Crippen LogP contribution is 2.32. The summed E-state index contributed by atoms with van der Waals surface area (Å²) in [4.78, 5) is 11.4. The highest BCUT2D eigenvalue weighted by Gasteiger charge is 2.40. The number of carbonyl (C=O) groups is 1. The molecule has 2 aliphatic rings. The van der Waals surface area contributed by atoms with E-state index in [1.807, 2.05) is 13.0 Å². The Morgan fingerprint density at radius 1 is 1.39 bits per heavy atom. The van der Waals surface area contributed by atoms with Crippen LogP contribution in [0, 0.1) is 6.92 Å². The van der Waals surface area contributed by atoms with Crippen molar-refractivity contribution in [2.45, 2.75) is 57.2 Å². The lowest BCUT2D eigenvalue weighted by Crippen LogP contribution is -2.43. The summed E-state index contributed by atoms with van der Waals surface area (Å²) in [5.41, 5.74) is 0. The minimum atomic E-state index is -5.08. The minimum Gasteiger partial charge on any atom is -0.475 e. The first kappa shape index (κ1) is 22.4. The summed E-state index contributed by atoms with van der Waals surface area (Å²) < 4.78 is 49.2. The molecule has 3 heterocycles. The lowest BCUT2D eigenvalue weighted by Gasteiger charge is -2.35. The molecule has 3 atom stereocenters. The predicted molar refractivity (Wildman–Crippen MR) is 94.9 cm³/mol. The van der Waals surface area contributed by atoms with Gasteiger partial charge in [-0.2, -0.15) is 13.2 Å². The Kier molecular flexibility index (Phi) is 8.09. The molecule has 0 saturated carbocycles. The van der Waals surface area contributed by atoms with Gasteiger partial charge in [0.25, 0.3) is 0 Å². The van der Waals surface area contributed by atoms with Crippen LogP contribution in [0.1, 0.15) is 30.8 Å². The standard InChI is InChI=1S/C17H25NO3.C2HF3O2/c1-3-10-19-12-15-6-7-16-17(21-15)8-9-18(16)11-14-5-4-13(2)20-14;3-2(4,5)1(6)7/h3-5,15-17H,1,6-12H2,2H3;(H,6,7)/t15-,16-,17-;/m1./s1. The maximum absolute atomic E-state index is 10.6. The summed E-state index contributed by atoms with van der Waals surface area (Å²) in [5.74, 6) is -0.711. The predicted octanol–water partition coefficient (Wildman–Crippen LogP) is 3.55. The molecule has 1 aromatic heterocycles. The maximum atomic E-state index is 10.6. The molecule has 0 bridgehead atoms. The second-order valence-corrected chi connectivity index (χ2v) is 6.84. The quantitative estimate of drug-likeness (QED) is 0.577. The first-order valence-electron chi connectivity index (χ1n) is 9.14. The molecule has 9 heteroatoms. The van der Waals surface area contributed by atoms with Gasteiger partial charge in [0, 0.05) is 12.6 Å². The first-order valence-corrected chi connectivity index (χ1v) is 9.14. The van der Waals surface area contributed by atoms with Crippen molar-refractivity contribution in [1.29, 1.82) is 0 Å². The van der Waals surface area contributed by atoms with E-state index in [4.69, 9.17) is 23.8 Å². The maximum Gasteiger partial charge on any atom is 0.490 e. The third-order valence-electron chi connectivity index (χ3n) is 4.69. The Morgan fingerprint density at radius 2 is 2.11 bits per heavy atom. The van der Waals surface area contributed by atoms with Gasteiger partial charge < -0.3 is 19.0 Å². The fraction of sp³-hybridized carbons (Fsp3) is 0.632. The van der Waals surface area contributed by atoms with Crippen molar-refractivity contribution >= 4 is 5.97 Å². The molecule has 158 valence electrons. The number of ether oxygens (including phenoxy) is 2. The molecule has 6 nitrogen and oxygen atoms in total. The van der Waals surface area contributed by atoms with Crippen LogP contribution in [-0.4, -0.2) is 60.2 Å². The van der Waals surface area contributed by atoms with Crippen molar-refractivity contribution < 1.29 is 37.0 Å². The van der Waals surface area contributed by atoms with E-state index in [0.717, 1.165) is 37.5 Å². The summed E-state index contributed by atoms with van der Waals surface area (Å²) >= 11 is 0. The Morgan fingerprint density at radius 3 is 2.68 bits per heavy atom. The van der Waals surface area contributed by atoms with Crippen LogP contribution in [0.3, 0.4) is 0 Å². The van der Waals surface area contributed by atoms with Crippen LogP contribution in [0.2, 0.25) is 0 Å². The zero-order valence-electron chi connectivity index (χ0n) is 15.8. The van der Waals surface area contributed by atoms with Gasteiger partial charge in [0.2, 0.25) is 0 Å². The van der Waals surface area contributed by atoms with Crippen molar-refractivity contribution in [3.8, 4) is 0 Å². The molecule has 0 spiro atoms. The minimum absolute atomic E-state index is 0.247. The van der Waals surface area contributed by atoms with Gasteiger partial charge >= 0.3 is 12.1 Å². The Balaban J connectivity index is 0.000000345. The number of rotatable bonds is 6. The zero-order valence-corrected chi connectivity index (χ0v) is 15.8. The Hall–Kier alpha value is -1.84. The van der Waals surface area contributed by atoms with Crippen LogP contribution in [0.4, 0.5) is 13.2 Å². The van der Waals surface area contributed by atoms with Gasteiger partial charge in [-0.3, -0.25) is 4.90 Å². The average molecular weight is 405 g/mol. The van der Waals surface area contributed by atoms with Crippen molar-refractivity contribution in [2.75, 3.05) is 19.8 Å². The van der Waals surface area contributed by atoms with Crippen LogP contribution >= 0.6 is 0 Å². The van der Waals surface area contributed by atoms with E-state index in [2.05, 4.69) is 17.5 Å². The van der Waals surface area contributed by atoms with Gasteiger partial charge in [-0.1, -0.05) is 6.08 Å². The third-order valence-corrected chi connectivity index (χ3v) is 4.69. The van der Waals surface area contributed by atoms with Crippen LogP contribution in [0.25, 0.3) is 0 Å². The molecule has 2 fully saturated rings. The molecular weight excluding hydrogens is 379 g/mol. The second-order valence-electron chi connectivity index (χ2n) is 6.84. The number of furan rings is 1. The molecule has 1 N–H and O–H groups in total. The average Bonchev–Trinajstić information content (AvgIpc) is 3.21. The van der Waals surface area contributed by atoms with Crippen LogP contribution in [0.5, 0.6) is 0 Å². The zero-order chi connectivity index (χ0) is 20.7. The fourth-order valence-electron chi connectivity index (χ4n) is 3.46. The highest BCUT2D eigenvalue weighted by atomic mass is 19.4. The number of halogens is 3. The van der Waals surface area contributed by atoms with E-state index in [1.54, 1.807) is 6.08 Å². The topological polar surface area (TPSA) is 72.1 Å². The second kappa shape index (κ2) is 10.1. The smallest absolute Gasteiger partial charge is 0.475 e. The monoisotopic (exact) mass is 405 g/mol. The molecule has 0 aliphatic carbocycles. The fourth-order valence-corrected chi connectivity index (χ4v) is 3.46. The SMILES string of the molecule is C=CCOC[C@H]1CC[C@@H]2[C@@H](CCN2Cc2ccc(C)o2)O1.O=C(O)C(F)(F)F. The number of carboxylic acid groups (broad SMARTS) is 1. The summed E-state index contributed by atoms with van der Waals surface area (Å²) in [5, 5.41) is 7.12. The van der Waals surface area contributed by atoms with Gasteiger partial charge in [-0.15, -0.1) is 6.58 Å². The van der Waals surface area contributed by atoms with Crippen LogP contribution in [-0.2, 0) is 20.8 Å². The first-order chi connectivity index (χ1) is 13.2. The molecule has 0 radical (unpaired) electrons. The van der Waals surface area contributed by atoms with Crippen LogP contribution < -0.4 is 0 Å². The van der Waals surface area contributed by atoms with Crippen molar-refractivity contribution in [3.63, 3.8) is 0 Å². The summed E-state index contributed by atoms with van der Waals surface area (Å²) in [6.45, 7) is 8.95. The van der Waals surface area contributed by atoms with E-state index in [-0.39, 0.29) is 6.10 Å². The van der Waals surface area contributed by atoms with E-state index < -0.39 is 12.1 Å². The van der Waals surface area contributed by atoms with Crippen LogP contribution in [0.15, 0.2) is 29.2 Å². The van der Waals surface area contributed by atoms with Gasteiger partial charge in [0.05, 0.1) is 32.0 Å². The summed E-state index contributed by atoms with van der Waals surface area (Å²) in [6, 6.07) is 4.65. The van der Waals surface area contributed by atoms with E-state index in [1.165, 1.54) is 6.42 Å². The number of likely N-dealkylation sites (tertiary alicyclic amines) is 1. The normalized spacial score (nSPS) is 24.9. The number of fused-ring (bicyclic) bond motifs is 1. The molecule has 0 unspecified atom stereocenters. The van der Waals surface area contributed by atoms with Gasteiger partial charge in [0.1, 0.15) is 11.5 Å². The molecule has 2 aliphatic heterocycles. The molecule has 28 heavy (non-hydrogen) atoms. The largest absolute Gasteiger partial charge is 0.490 e. The number of alkyl halides is 3. The number of carboxylic acids is 1. The lowest BCUT2D eigenvalue weighted by atomic mass is 9.99. The van der Waals surface area contributed by atoms with Gasteiger partial charge in [-0.05, 0) is 38.3 Å². The number of hydrogen-bond acceptors (Lipinski definition) is 5. The van der Waals surface area contributed by atoms with E-state index in [0.29, 0.717) is 25.4 Å². The third kappa shape index (κ3) is 6.65. The van der Waals surface area contributed by atoms with Gasteiger partial charge in [-0.25, -0.2) is 4.79 Å². The number of aliphatic carboxylic acids is 1. The van der Waals surface area contributed by atoms with Crippen molar-refractivity contribution in [1.82, 2.24) is 4.90 Å². The number of nitrogens with zero attached hydrogens (tertiary/aromatic N) is 1. The van der Waals surface area contributed by atoms with E-state index >= 15 is 0 Å². The van der Waals surface area contributed by atoms with Crippen molar-refractivity contribution in [3.05, 3.63) is 36.3 Å². The Labute approximate surface area is 161 Å². The molecule has 1 aromatic rings. The van der Waals surface area contributed by atoms with Gasteiger partial charge in [0.15, 0.2) is 0 Å². The van der Waals surface area contributed by atoms with Crippen molar-refractivity contribution in [2.24, 2.45) is 0 Å². The molecule has 0 amide bonds. The number of hydrogen-bond donors (Lipinski definition) is 1. The summed E-state index contributed by atoms with van der Waals surface area (Å²) in [6.07, 6.45) is 0.679. The summed E-state index contributed by atoms with van der Waals surface area (Å²) in [7, 11) is 0. The number of aryl methyl sites for hydroxylation is 1. The molecule has 2 saturated heterocycles. The molecular formula is C19H26F3NO5. The lowest BCUT2D eigenvalue weighted by molar-refractivity contribution is -0.192. The highest BCUT2D eigenvalue weighted by molar-refractivity contribution is 5.73.